The minimum absolute atomic E-state index is 0.789. The van der Waals surface area contributed by atoms with E-state index in [1.54, 1.807) is 6.21 Å². The fourth-order valence-electron chi connectivity index (χ4n) is 0.0865. The van der Waals surface area contributed by atoms with Gasteiger partial charge in [0.15, 0.2) is 0 Å². The molecule has 0 rings (SSSR count). The SMILES string of the molecule is COC(=O)[C-]=[N+]=[N-]. The van der Waals surface area contributed by atoms with Gasteiger partial charge in [0.05, 0.1) is 13.3 Å². The Morgan fingerprint density at radius 3 is 2.71 bits per heavy atom. The molecule has 0 heterocycles. The molecule has 0 saturated heterocycles. The maximum Gasteiger partial charge on any atom is 0.225 e. The Bertz CT molecular complexity index is 114. The summed E-state index contributed by atoms with van der Waals surface area (Å²) < 4.78 is 3.99. The van der Waals surface area contributed by atoms with Crippen LogP contribution in [0.2, 0.25) is 0 Å². The lowest BCUT2D eigenvalue weighted by atomic mass is 10.8. The van der Waals surface area contributed by atoms with Crippen LogP contribution in [0.3, 0.4) is 0 Å². The third kappa shape index (κ3) is 2.66. The lowest BCUT2D eigenvalue weighted by molar-refractivity contribution is -0.136. The van der Waals surface area contributed by atoms with Crippen molar-refractivity contribution in [1.82, 2.24) is 0 Å². The van der Waals surface area contributed by atoms with Gasteiger partial charge < -0.3 is 15.1 Å². The number of ether oxygens (including phenoxy) is 1. The van der Waals surface area contributed by atoms with Crippen molar-refractivity contribution in [3.63, 3.8) is 0 Å². The second kappa shape index (κ2) is 3.06. The zero-order valence-corrected chi connectivity index (χ0v) is 3.71. The Kier molecular flexibility index (Phi) is 2.55. The summed E-state index contributed by atoms with van der Waals surface area (Å²) in [6.07, 6.45) is 1.61. The number of carbonyl (C=O) groups is 1. The monoisotopic (exact) mass is 99.0 g/mol. The van der Waals surface area contributed by atoms with Crippen molar-refractivity contribution in [2.45, 2.75) is 0 Å². The highest BCUT2D eigenvalue weighted by molar-refractivity contribution is 6.20. The number of hydrogen-bond acceptors (Lipinski definition) is 2. The predicted octanol–water partition coefficient (Wildman–Crippen LogP) is -0.663. The van der Waals surface area contributed by atoms with Crippen molar-refractivity contribution in [2.75, 3.05) is 7.11 Å². The molecule has 4 heteroatoms. The van der Waals surface area contributed by atoms with Crippen LogP contribution < -0.4 is 0 Å². The highest BCUT2D eigenvalue weighted by Crippen LogP contribution is 1.58. The van der Waals surface area contributed by atoms with Crippen LogP contribution in [0, 0.1) is 0 Å². The Morgan fingerprint density at radius 2 is 2.57 bits per heavy atom. The van der Waals surface area contributed by atoms with Crippen molar-refractivity contribution in [3.8, 4) is 0 Å². The zero-order chi connectivity index (χ0) is 5.70. The van der Waals surface area contributed by atoms with Crippen molar-refractivity contribution in [3.05, 3.63) is 5.53 Å². The smallest absolute Gasteiger partial charge is 0.225 e. The largest absolute Gasteiger partial charge is 0.488 e. The summed E-state index contributed by atoms with van der Waals surface area (Å²) in [4.78, 5) is 12.1. The van der Waals surface area contributed by atoms with E-state index in [4.69, 9.17) is 5.53 Å². The van der Waals surface area contributed by atoms with Gasteiger partial charge in [0.1, 0.15) is 0 Å². The highest BCUT2D eigenvalue weighted by Gasteiger charge is 1.76. The van der Waals surface area contributed by atoms with Gasteiger partial charge in [0.25, 0.3) is 0 Å². The van der Waals surface area contributed by atoms with Crippen LogP contribution in [-0.2, 0) is 9.53 Å². The number of rotatable bonds is 1. The van der Waals surface area contributed by atoms with E-state index in [2.05, 4.69) is 9.53 Å². The topological polar surface area (TPSA) is 62.7 Å². The van der Waals surface area contributed by atoms with E-state index in [0.717, 1.165) is 0 Å². The molecule has 0 aliphatic heterocycles. The minimum Gasteiger partial charge on any atom is -0.488 e. The highest BCUT2D eigenvalue weighted by atomic mass is 16.5. The molecule has 0 N–H and O–H groups in total. The van der Waals surface area contributed by atoms with Crippen LogP contribution in [0.1, 0.15) is 0 Å². The third-order valence-electron chi connectivity index (χ3n) is 0.327. The second-order valence-corrected chi connectivity index (χ2v) is 0.703. The summed E-state index contributed by atoms with van der Waals surface area (Å²) in [7, 11) is 1.17. The standard InChI is InChI=1S/C3H3N2O2/c1-7-3(6)2-5-4/h1H3/q-1. The van der Waals surface area contributed by atoms with Crippen LogP contribution in [0.4, 0.5) is 0 Å². The first-order valence-electron chi connectivity index (χ1n) is 1.49. The Balaban J connectivity index is 3.58. The summed E-state index contributed by atoms with van der Waals surface area (Å²) >= 11 is 0. The van der Waals surface area contributed by atoms with Crippen LogP contribution in [-0.4, -0.2) is 24.1 Å². The molecular formula is C3H3N2O2-. The number of methoxy groups -OCH3 is 1. The maximum absolute atomic E-state index is 9.82. The van der Waals surface area contributed by atoms with E-state index in [1.807, 2.05) is 0 Å². The van der Waals surface area contributed by atoms with E-state index in [1.165, 1.54) is 7.11 Å². The van der Waals surface area contributed by atoms with Gasteiger partial charge in [-0.1, -0.05) is 0 Å². The summed E-state index contributed by atoms with van der Waals surface area (Å²) in [6.45, 7) is 0. The molecule has 0 aromatic heterocycles. The predicted molar refractivity (Wildman–Crippen MR) is 20.6 cm³/mol. The van der Waals surface area contributed by atoms with Gasteiger partial charge in [-0.05, 0) is 0 Å². The average Bonchev–Trinajstić information content (AvgIpc) is 1.68. The molecular weight excluding hydrogens is 96.0 g/mol. The fraction of sp³-hybridized carbons (Fsp3) is 0.333. The van der Waals surface area contributed by atoms with Gasteiger partial charge in [-0.3, -0.25) is 4.79 Å². The van der Waals surface area contributed by atoms with Crippen molar-refractivity contribution < 1.29 is 14.3 Å². The average molecular weight is 99.1 g/mol. The van der Waals surface area contributed by atoms with Crippen LogP contribution in [0.5, 0.6) is 0 Å². The van der Waals surface area contributed by atoms with Gasteiger partial charge in [-0.25, -0.2) is 0 Å². The van der Waals surface area contributed by atoms with E-state index < -0.39 is 5.97 Å². The second-order valence-electron chi connectivity index (χ2n) is 0.703. The Hall–Kier alpha value is -1.15. The number of nitrogens with zero attached hydrogens (tertiary/aromatic N) is 2. The molecule has 0 aliphatic rings. The van der Waals surface area contributed by atoms with Gasteiger partial charge in [0.2, 0.25) is 5.97 Å². The first kappa shape index (κ1) is 5.85. The molecule has 0 bridgehead atoms. The van der Waals surface area contributed by atoms with Gasteiger partial charge in [-0.2, -0.15) is 0 Å². The maximum atomic E-state index is 9.82. The van der Waals surface area contributed by atoms with Gasteiger partial charge >= 0.3 is 0 Å². The molecule has 0 spiro atoms. The van der Waals surface area contributed by atoms with Crippen LogP contribution in [0.25, 0.3) is 5.53 Å². The van der Waals surface area contributed by atoms with E-state index in [0.29, 0.717) is 0 Å². The number of carbonyl (C=O) groups excluding carboxylic acids is 1. The fourth-order valence-corrected chi connectivity index (χ4v) is 0.0865. The molecule has 0 unspecified atom stereocenters. The van der Waals surface area contributed by atoms with Crippen LogP contribution in [0.15, 0.2) is 0 Å². The lowest BCUT2D eigenvalue weighted by Crippen LogP contribution is -2.00. The minimum atomic E-state index is -0.789. The molecule has 0 aliphatic carbocycles. The Morgan fingerprint density at radius 1 is 2.00 bits per heavy atom. The number of esters is 1. The quantitative estimate of drug-likeness (QED) is 0.144. The van der Waals surface area contributed by atoms with E-state index in [-0.39, 0.29) is 0 Å². The molecule has 4 nitrogen and oxygen atoms in total. The molecule has 0 amide bonds. The Labute approximate surface area is 40.3 Å². The third-order valence-corrected chi connectivity index (χ3v) is 0.327. The first-order valence-corrected chi connectivity index (χ1v) is 1.49. The van der Waals surface area contributed by atoms with Crippen LogP contribution >= 0.6 is 0 Å². The summed E-state index contributed by atoms with van der Waals surface area (Å²) in [6, 6.07) is 0. The van der Waals surface area contributed by atoms with E-state index >= 15 is 0 Å². The van der Waals surface area contributed by atoms with E-state index in [9.17, 15) is 4.79 Å². The molecule has 0 saturated carbocycles. The zero-order valence-electron chi connectivity index (χ0n) is 3.71. The molecule has 0 aromatic carbocycles. The number of hydrogen-bond donors (Lipinski definition) is 0. The summed E-state index contributed by atoms with van der Waals surface area (Å²) in [5.74, 6) is -0.789. The van der Waals surface area contributed by atoms with Gasteiger partial charge in [-0.15, -0.1) is 0 Å². The first-order chi connectivity index (χ1) is 3.31. The molecule has 0 aromatic rings. The summed E-state index contributed by atoms with van der Waals surface area (Å²) in [5.41, 5.74) is 7.58. The molecule has 0 atom stereocenters. The van der Waals surface area contributed by atoms with Gasteiger partial charge in [0, 0.05) is 0 Å². The molecule has 0 radical (unpaired) electrons. The molecule has 0 fully saturated rings. The lowest BCUT2D eigenvalue weighted by Gasteiger charge is -1.88. The van der Waals surface area contributed by atoms with Crippen molar-refractivity contribution in [1.29, 1.82) is 0 Å². The summed E-state index contributed by atoms with van der Waals surface area (Å²) in [5, 5.41) is 0. The normalized spacial score (nSPS) is 6.43. The molecule has 7 heavy (non-hydrogen) atoms. The van der Waals surface area contributed by atoms with Crippen molar-refractivity contribution in [2.24, 2.45) is 0 Å². The van der Waals surface area contributed by atoms with Crippen molar-refractivity contribution >= 4 is 12.2 Å². The molecule has 38 valence electrons.